The molecule has 0 radical (unpaired) electrons. The van der Waals surface area contributed by atoms with Gasteiger partial charge in [0.15, 0.2) is 0 Å². The van der Waals surface area contributed by atoms with Crippen molar-refractivity contribution in [2.24, 2.45) is 5.92 Å². The second-order valence-electron chi connectivity index (χ2n) is 6.00. The van der Waals surface area contributed by atoms with E-state index in [2.05, 4.69) is 18.7 Å². The van der Waals surface area contributed by atoms with E-state index in [1.807, 2.05) is 0 Å². The average molecular weight is 239 g/mol. The van der Waals surface area contributed by atoms with Gasteiger partial charge in [-0.2, -0.15) is 0 Å². The molecule has 0 aromatic heterocycles. The average Bonchev–Trinajstić information content (AvgIpc) is 2.65. The number of hydrogen-bond donors (Lipinski definition) is 0. The van der Waals surface area contributed by atoms with Gasteiger partial charge in [0.1, 0.15) is 0 Å². The maximum Gasteiger partial charge on any atom is 0.310 e. The van der Waals surface area contributed by atoms with Crippen LogP contribution in [0.2, 0.25) is 0 Å². The standard InChI is InChI=1S/C14H25NO2/c1-14(2)12(13(16)17-3)9-10-15(14)11-7-5-4-6-8-11/h11-12H,4-10H2,1-3H3. The number of carbonyl (C=O) groups is 1. The smallest absolute Gasteiger partial charge is 0.310 e. The minimum Gasteiger partial charge on any atom is -0.469 e. The molecule has 1 saturated carbocycles. The largest absolute Gasteiger partial charge is 0.469 e. The van der Waals surface area contributed by atoms with Gasteiger partial charge in [0, 0.05) is 11.6 Å². The Kier molecular flexibility index (Phi) is 3.76. The van der Waals surface area contributed by atoms with Gasteiger partial charge in [-0.25, -0.2) is 0 Å². The zero-order valence-corrected chi connectivity index (χ0v) is 11.4. The van der Waals surface area contributed by atoms with Crippen LogP contribution in [0, 0.1) is 5.92 Å². The van der Waals surface area contributed by atoms with Gasteiger partial charge >= 0.3 is 5.97 Å². The highest BCUT2D eigenvalue weighted by molar-refractivity contribution is 5.74. The Morgan fingerprint density at radius 1 is 1.18 bits per heavy atom. The molecule has 2 aliphatic rings. The molecule has 2 fully saturated rings. The lowest BCUT2D eigenvalue weighted by molar-refractivity contribution is -0.148. The van der Waals surface area contributed by atoms with Crippen LogP contribution in [-0.2, 0) is 9.53 Å². The summed E-state index contributed by atoms with van der Waals surface area (Å²) in [4.78, 5) is 14.4. The summed E-state index contributed by atoms with van der Waals surface area (Å²) in [6, 6.07) is 0.688. The highest BCUT2D eigenvalue weighted by atomic mass is 16.5. The number of methoxy groups -OCH3 is 1. The Labute approximate surface area is 105 Å². The van der Waals surface area contributed by atoms with Gasteiger partial charge in [0.05, 0.1) is 13.0 Å². The van der Waals surface area contributed by atoms with Crippen LogP contribution in [0.25, 0.3) is 0 Å². The second-order valence-corrected chi connectivity index (χ2v) is 6.00. The summed E-state index contributed by atoms with van der Waals surface area (Å²) in [5.74, 6) is 0.0164. The molecule has 1 atom stereocenters. The molecule has 0 spiro atoms. The summed E-state index contributed by atoms with van der Waals surface area (Å²) in [7, 11) is 1.50. The lowest BCUT2D eigenvalue weighted by atomic mass is 9.85. The SMILES string of the molecule is COC(=O)C1CCN(C2CCCCC2)C1(C)C. The molecule has 98 valence electrons. The van der Waals surface area contributed by atoms with E-state index >= 15 is 0 Å². The second kappa shape index (κ2) is 4.97. The Morgan fingerprint density at radius 2 is 1.82 bits per heavy atom. The predicted octanol–water partition coefficient (Wildman–Crippen LogP) is 2.59. The molecule has 0 N–H and O–H groups in total. The Bertz CT molecular complexity index is 282. The highest BCUT2D eigenvalue weighted by Gasteiger charge is 2.48. The van der Waals surface area contributed by atoms with Crippen molar-refractivity contribution in [2.75, 3.05) is 13.7 Å². The first-order chi connectivity index (χ1) is 8.07. The monoisotopic (exact) mass is 239 g/mol. The minimum absolute atomic E-state index is 0.0326. The normalized spacial score (nSPS) is 30.4. The van der Waals surface area contributed by atoms with E-state index in [4.69, 9.17) is 4.74 Å². The molecular formula is C14H25NO2. The molecule has 0 amide bonds. The first-order valence-electron chi connectivity index (χ1n) is 6.92. The van der Waals surface area contributed by atoms with Crippen LogP contribution in [0.5, 0.6) is 0 Å². The fourth-order valence-electron chi connectivity index (χ4n) is 3.70. The van der Waals surface area contributed by atoms with Gasteiger partial charge in [0.25, 0.3) is 0 Å². The molecule has 1 unspecified atom stereocenters. The first-order valence-corrected chi connectivity index (χ1v) is 6.92. The molecule has 3 nitrogen and oxygen atoms in total. The van der Waals surface area contributed by atoms with Gasteiger partial charge in [-0.1, -0.05) is 19.3 Å². The van der Waals surface area contributed by atoms with Crippen LogP contribution in [0.1, 0.15) is 52.4 Å². The third-order valence-electron chi connectivity index (χ3n) is 4.75. The number of carbonyl (C=O) groups excluding carboxylic acids is 1. The summed E-state index contributed by atoms with van der Waals surface area (Å²) in [6.45, 7) is 5.46. The topological polar surface area (TPSA) is 29.5 Å². The number of hydrogen-bond acceptors (Lipinski definition) is 3. The Hall–Kier alpha value is -0.570. The quantitative estimate of drug-likeness (QED) is 0.694. The van der Waals surface area contributed by atoms with Crippen molar-refractivity contribution in [1.29, 1.82) is 0 Å². The van der Waals surface area contributed by atoms with Gasteiger partial charge in [-0.15, -0.1) is 0 Å². The van der Waals surface area contributed by atoms with Crippen molar-refractivity contribution in [3.05, 3.63) is 0 Å². The molecule has 0 aromatic rings. The lowest BCUT2D eigenvalue weighted by Gasteiger charge is -2.42. The van der Waals surface area contributed by atoms with Crippen LogP contribution >= 0.6 is 0 Å². The Balaban J connectivity index is 2.07. The number of rotatable bonds is 2. The Morgan fingerprint density at radius 3 is 2.41 bits per heavy atom. The molecule has 17 heavy (non-hydrogen) atoms. The molecular weight excluding hydrogens is 214 g/mol. The molecule has 0 aromatic carbocycles. The summed E-state index contributed by atoms with van der Waals surface area (Å²) in [5.41, 5.74) is -0.0326. The van der Waals surface area contributed by atoms with Crippen molar-refractivity contribution in [1.82, 2.24) is 4.90 Å². The van der Waals surface area contributed by atoms with Crippen LogP contribution in [0.15, 0.2) is 0 Å². The van der Waals surface area contributed by atoms with E-state index < -0.39 is 0 Å². The summed E-state index contributed by atoms with van der Waals surface area (Å²) in [6.07, 6.45) is 7.64. The molecule has 2 rings (SSSR count). The van der Waals surface area contributed by atoms with E-state index in [-0.39, 0.29) is 17.4 Å². The summed E-state index contributed by atoms with van der Waals surface area (Å²) < 4.78 is 4.94. The lowest BCUT2D eigenvalue weighted by Crippen LogP contribution is -2.50. The molecule has 1 aliphatic heterocycles. The summed E-state index contributed by atoms with van der Waals surface area (Å²) >= 11 is 0. The first kappa shape index (κ1) is 12.9. The zero-order valence-electron chi connectivity index (χ0n) is 11.4. The van der Waals surface area contributed by atoms with Gasteiger partial charge < -0.3 is 4.74 Å². The van der Waals surface area contributed by atoms with Crippen molar-refractivity contribution in [2.45, 2.75) is 64.0 Å². The van der Waals surface area contributed by atoms with Crippen molar-refractivity contribution < 1.29 is 9.53 Å². The molecule has 1 aliphatic carbocycles. The van der Waals surface area contributed by atoms with E-state index in [1.54, 1.807) is 0 Å². The molecule has 0 bridgehead atoms. The number of likely N-dealkylation sites (tertiary alicyclic amines) is 1. The fourth-order valence-corrected chi connectivity index (χ4v) is 3.70. The summed E-state index contributed by atoms with van der Waals surface area (Å²) in [5, 5.41) is 0. The predicted molar refractivity (Wildman–Crippen MR) is 67.8 cm³/mol. The fraction of sp³-hybridized carbons (Fsp3) is 0.929. The van der Waals surface area contributed by atoms with Crippen molar-refractivity contribution in [3.8, 4) is 0 Å². The van der Waals surface area contributed by atoms with Crippen LogP contribution < -0.4 is 0 Å². The maximum absolute atomic E-state index is 11.8. The van der Waals surface area contributed by atoms with E-state index in [1.165, 1.54) is 39.2 Å². The maximum atomic E-state index is 11.8. The van der Waals surface area contributed by atoms with Gasteiger partial charge in [-0.05, 0) is 39.7 Å². The van der Waals surface area contributed by atoms with E-state index in [9.17, 15) is 4.79 Å². The number of ether oxygens (including phenoxy) is 1. The van der Waals surface area contributed by atoms with Crippen LogP contribution in [0.4, 0.5) is 0 Å². The molecule has 3 heteroatoms. The van der Waals surface area contributed by atoms with Crippen LogP contribution in [0.3, 0.4) is 0 Å². The molecule has 1 heterocycles. The number of esters is 1. The third kappa shape index (κ3) is 2.35. The van der Waals surface area contributed by atoms with E-state index in [0.717, 1.165) is 13.0 Å². The number of nitrogens with zero attached hydrogens (tertiary/aromatic N) is 1. The third-order valence-corrected chi connectivity index (χ3v) is 4.75. The minimum atomic E-state index is -0.0340. The van der Waals surface area contributed by atoms with Gasteiger partial charge in [-0.3, -0.25) is 9.69 Å². The van der Waals surface area contributed by atoms with Crippen LogP contribution in [-0.4, -0.2) is 36.1 Å². The highest BCUT2D eigenvalue weighted by Crippen LogP contribution is 2.39. The zero-order chi connectivity index (χ0) is 12.5. The van der Waals surface area contributed by atoms with E-state index in [0.29, 0.717) is 6.04 Å². The van der Waals surface area contributed by atoms with Crippen molar-refractivity contribution in [3.63, 3.8) is 0 Å². The van der Waals surface area contributed by atoms with Gasteiger partial charge in [0.2, 0.25) is 0 Å². The molecule has 1 saturated heterocycles. The van der Waals surface area contributed by atoms with Crippen molar-refractivity contribution >= 4 is 5.97 Å².